The van der Waals surface area contributed by atoms with Gasteiger partial charge in [-0.15, -0.1) is 0 Å². The summed E-state index contributed by atoms with van der Waals surface area (Å²) in [6.07, 6.45) is 3.60. The SMILES string of the molecule is CCCCC(C)(N)[Si](C)(C)c1ccccc1. The molecule has 1 rings (SSSR count). The molecule has 0 bridgehead atoms. The van der Waals surface area contributed by atoms with Crippen LogP contribution in [0, 0.1) is 0 Å². The van der Waals surface area contributed by atoms with Crippen molar-refractivity contribution >= 4 is 13.3 Å². The first kappa shape index (κ1) is 13.5. The molecule has 1 aromatic carbocycles. The molecule has 1 atom stereocenters. The number of rotatable bonds is 5. The minimum absolute atomic E-state index is 0.00956. The molecule has 0 aliphatic heterocycles. The molecular formula is C14H25NSi. The highest BCUT2D eigenvalue weighted by molar-refractivity contribution is 6.92. The van der Waals surface area contributed by atoms with E-state index in [0.29, 0.717) is 0 Å². The second-order valence-electron chi connectivity index (χ2n) is 5.51. The molecule has 0 heterocycles. The third-order valence-corrected chi connectivity index (χ3v) is 8.86. The highest BCUT2D eigenvalue weighted by Gasteiger charge is 2.40. The Morgan fingerprint density at radius 3 is 2.25 bits per heavy atom. The van der Waals surface area contributed by atoms with Crippen molar-refractivity contribution in [2.24, 2.45) is 5.73 Å². The molecular weight excluding hydrogens is 210 g/mol. The third-order valence-electron chi connectivity index (χ3n) is 3.97. The second kappa shape index (κ2) is 5.15. The summed E-state index contributed by atoms with van der Waals surface area (Å²) in [5, 5.41) is 1.46. The van der Waals surface area contributed by atoms with Crippen LogP contribution in [0.15, 0.2) is 30.3 Å². The van der Waals surface area contributed by atoms with Crippen molar-refractivity contribution < 1.29 is 0 Å². The monoisotopic (exact) mass is 235 g/mol. The number of nitrogens with two attached hydrogens (primary N) is 1. The highest BCUT2D eigenvalue weighted by atomic mass is 28.3. The Kier molecular flexibility index (Phi) is 4.33. The Hall–Kier alpha value is -0.603. The molecule has 0 radical (unpaired) electrons. The predicted molar refractivity (Wildman–Crippen MR) is 75.7 cm³/mol. The van der Waals surface area contributed by atoms with Crippen molar-refractivity contribution in [2.75, 3.05) is 0 Å². The van der Waals surface area contributed by atoms with Crippen molar-refractivity contribution in [2.45, 2.75) is 51.4 Å². The van der Waals surface area contributed by atoms with Gasteiger partial charge in [-0.3, -0.25) is 0 Å². The van der Waals surface area contributed by atoms with Crippen LogP contribution in [0.2, 0.25) is 13.1 Å². The molecule has 1 unspecified atom stereocenters. The van der Waals surface area contributed by atoms with Crippen LogP contribution in [0.5, 0.6) is 0 Å². The van der Waals surface area contributed by atoms with Crippen molar-refractivity contribution in [3.05, 3.63) is 30.3 Å². The highest BCUT2D eigenvalue weighted by Crippen LogP contribution is 2.23. The van der Waals surface area contributed by atoms with E-state index < -0.39 is 8.07 Å². The summed E-state index contributed by atoms with van der Waals surface area (Å²) in [5.41, 5.74) is 6.57. The molecule has 1 aromatic rings. The fourth-order valence-corrected chi connectivity index (χ4v) is 4.53. The maximum absolute atomic E-state index is 6.57. The van der Waals surface area contributed by atoms with Gasteiger partial charge in [0.2, 0.25) is 0 Å². The Bertz CT molecular complexity index is 317. The molecule has 2 heteroatoms. The second-order valence-corrected chi connectivity index (χ2v) is 10.5. The maximum Gasteiger partial charge on any atom is 0.102 e. The van der Waals surface area contributed by atoms with Crippen LogP contribution in [0.4, 0.5) is 0 Å². The van der Waals surface area contributed by atoms with Gasteiger partial charge in [-0.1, -0.05) is 68.4 Å². The number of benzene rings is 1. The van der Waals surface area contributed by atoms with Crippen LogP contribution in [0.1, 0.15) is 33.1 Å². The molecule has 90 valence electrons. The van der Waals surface area contributed by atoms with E-state index in [1.165, 1.54) is 18.0 Å². The first-order chi connectivity index (χ1) is 7.42. The number of unbranched alkanes of at least 4 members (excludes halogenated alkanes) is 1. The topological polar surface area (TPSA) is 26.0 Å². The summed E-state index contributed by atoms with van der Waals surface area (Å²) in [7, 11) is -1.57. The molecule has 0 spiro atoms. The normalized spacial score (nSPS) is 15.8. The van der Waals surface area contributed by atoms with Gasteiger partial charge < -0.3 is 5.73 Å². The van der Waals surface area contributed by atoms with Crippen LogP contribution in [-0.2, 0) is 0 Å². The fourth-order valence-electron chi connectivity index (χ4n) is 2.04. The van der Waals surface area contributed by atoms with E-state index in [1.807, 2.05) is 0 Å². The number of hydrogen-bond acceptors (Lipinski definition) is 1. The van der Waals surface area contributed by atoms with Crippen molar-refractivity contribution in [1.82, 2.24) is 0 Å². The molecule has 1 nitrogen and oxygen atoms in total. The quantitative estimate of drug-likeness (QED) is 0.780. The molecule has 2 N–H and O–H groups in total. The standard InChI is InChI=1S/C14H25NSi/c1-5-6-12-14(2,15)16(3,4)13-10-8-7-9-11-13/h7-11H,5-6,12,15H2,1-4H3. The Morgan fingerprint density at radius 2 is 1.75 bits per heavy atom. The van der Waals surface area contributed by atoms with E-state index in [9.17, 15) is 0 Å². The fraction of sp³-hybridized carbons (Fsp3) is 0.571. The van der Waals surface area contributed by atoms with Crippen LogP contribution in [0.25, 0.3) is 0 Å². The molecule has 0 fully saturated rings. The van der Waals surface area contributed by atoms with Crippen LogP contribution in [0.3, 0.4) is 0 Å². The van der Waals surface area contributed by atoms with Gasteiger partial charge in [-0.25, -0.2) is 0 Å². The lowest BCUT2D eigenvalue weighted by Gasteiger charge is -2.40. The zero-order valence-electron chi connectivity index (χ0n) is 11.1. The molecule has 0 amide bonds. The summed E-state index contributed by atoms with van der Waals surface area (Å²) < 4.78 is 0. The van der Waals surface area contributed by atoms with E-state index in [0.717, 1.165) is 6.42 Å². The Morgan fingerprint density at radius 1 is 1.19 bits per heavy atom. The molecule has 0 saturated carbocycles. The van der Waals surface area contributed by atoms with Gasteiger partial charge in [0.25, 0.3) is 0 Å². The van der Waals surface area contributed by atoms with E-state index in [2.05, 4.69) is 57.3 Å². The number of hydrogen-bond donors (Lipinski definition) is 1. The zero-order valence-corrected chi connectivity index (χ0v) is 12.1. The van der Waals surface area contributed by atoms with E-state index in [4.69, 9.17) is 5.73 Å². The van der Waals surface area contributed by atoms with Gasteiger partial charge >= 0.3 is 0 Å². The predicted octanol–water partition coefficient (Wildman–Crippen LogP) is 3.05. The van der Waals surface area contributed by atoms with E-state index >= 15 is 0 Å². The van der Waals surface area contributed by atoms with Gasteiger partial charge in [-0.2, -0.15) is 0 Å². The van der Waals surface area contributed by atoms with Gasteiger partial charge in [0.15, 0.2) is 0 Å². The van der Waals surface area contributed by atoms with Gasteiger partial charge in [0, 0.05) is 5.16 Å². The lowest BCUT2D eigenvalue weighted by atomic mass is 10.1. The van der Waals surface area contributed by atoms with E-state index in [-0.39, 0.29) is 5.16 Å². The first-order valence-electron chi connectivity index (χ1n) is 6.26. The van der Waals surface area contributed by atoms with E-state index in [1.54, 1.807) is 0 Å². The van der Waals surface area contributed by atoms with Crippen LogP contribution in [-0.4, -0.2) is 13.2 Å². The molecule has 0 aliphatic carbocycles. The summed E-state index contributed by atoms with van der Waals surface area (Å²) >= 11 is 0. The zero-order chi connectivity index (χ0) is 12.2. The van der Waals surface area contributed by atoms with Gasteiger partial charge in [-0.05, 0) is 13.3 Å². The minimum Gasteiger partial charge on any atom is -0.327 e. The summed E-state index contributed by atoms with van der Waals surface area (Å²) in [4.78, 5) is 0. The van der Waals surface area contributed by atoms with Crippen molar-refractivity contribution in [1.29, 1.82) is 0 Å². The van der Waals surface area contributed by atoms with Crippen LogP contribution < -0.4 is 10.9 Å². The average Bonchev–Trinajstić information content (AvgIpc) is 2.27. The van der Waals surface area contributed by atoms with Crippen molar-refractivity contribution in [3.63, 3.8) is 0 Å². The maximum atomic E-state index is 6.57. The molecule has 0 aromatic heterocycles. The summed E-state index contributed by atoms with van der Waals surface area (Å²) in [6, 6.07) is 10.8. The average molecular weight is 235 g/mol. The smallest absolute Gasteiger partial charge is 0.102 e. The largest absolute Gasteiger partial charge is 0.327 e. The van der Waals surface area contributed by atoms with Crippen molar-refractivity contribution in [3.8, 4) is 0 Å². The lowest BCUT2D eigenvalue weighted by molar-refractivity contribution is 0.541. The Labute approximate surface area is 101 Å². The first-order valence-corrected chi connectivity index (χ1v) is 9.26. The molecule has 0 aliphatic rings. The summed E-state index contributed by atoms with van der Waals surface area (Å²) in [5.74, 6) is 0. The molecule has 16 heavy (non-hydrogen) atoms. The van der Waals surface area contributed by atoms with Gasteiger partial charge in [0.1, 0.15) is 8.07 Å². The lowest BCUT2D eigenvalue weighted by Crippen LogP contribution is -2.65. The van der Waals surface area contributed by atoms with Crippen LogP contribution >= 0.6 is 0 Å². The minimum atomic E-state index is -1.57. The third kappa shape index (κ3) is 2.74. The Balaban J connectivity index is 2.92. The van der Waals surface area contributed by atoms with Gasteiger partial charge in [0.05, 0.1) is 0 Å². The molecule has 0 saturated heterocycles. The summed E-state index contributed by atoms with van der Waals surface area (Å²) in [6.45, 7) is 9.24.